The van der Waals surface area contributed by atoms with Gasteiger partial charge in [-0.15, -0.1) is 0 Å². The molecule has 0 spiro atoms. The summed E-state index contributed by atoms with van der Waals surface area (Å²) < 4.78 is 5.70. The fourth-order valence-electron chi connectivity index (χ4n) is 6.29. The lowest BCUT2D eigenvalue weighted by Gasteiger charge is -2.38. The Morgan fingerprint density at radius 2 is 1.62 bits per heavy atom. The Morgan fingerprint density at radius 1 is 0.973 bits per heavy atom. The highest BCUT2D eigenvalue weighted by Crippen LogP contribution is 2.34. The maximum atomic E-state index is 5.78. The summed E-state index contributed by atoms with van der Waals surface area (Å²) in [7, 11) is 0. The van der Waals surface area contributed by atoms with Gasteiger partial charge in [-0.3, -0.25) is 0 Å². The number of piperidine rings is 2. The Kier molecular flexibility index (Phi) is 8.45. The van der Waals surface area contributed by atoms with Crippen LogP contribution in [0.25, 0.3) is 0 Å². The summed E-state index contributed by atoms with van der Waals surface area (Å²) in [5.74, 6) is 3.91. The summed E-state index contributed by atoms with van der Waals surface area (Å²) in [5, 5.41) is 7.43. The van der Waals surface area contributed by atoms with Crippen LogP contribution < -0.4 is 20.4 Å². The number of nitrogens with one attached hydrogen (secondary N) is 2. The molecule has 3 aliphatic rings. The van der Waals surface area contributed by atoms with Crippen molar-refractivity contribution in [3.8, 4) is 0 Å². The minimum absolute atomic E-state index is 0.00694. The van der Waals surface area contributed by atoms with Crippen LogP contribution >= 0.6 is 12.2 Å². The highest BCUT2D eigenvalue weighted by molar-refractivity contribution is 7.80. The Labute approximate surface area is 227 Å². The van der Waals surface area contributed by atoms with E-state index in [9.17, 15) is 0 Å². The van der Waals surface area contributed by atoms with Crippen LogP contribution in [0.5, 0.6) is 0 Å². The third-order valence-electron chi connectivity index (χ3n) is 8.22. The van der Waals surface area contributed by atoms with E-state index >= 15 is 0 Å². The van der Waals surface area contributed by atoms with Gasteiger partial charge in [0.05, 0.1) is 0 Å². The number of thiocarbonyl (C=S) groups is 1. The van der Waals surface area contributed by atoms with Crippen molar-refractivity contribution in [3.05, 3.63) is 42.0 Å². The molecule has 1 aromatic carbocycles. The first kappa shape index (κ1) is 26.2. The van der Waals surface area contributed by atoms with Crippen LogP contribution in [-0.2, 0) is 10.2 Å². The summed E-state index contributed by atoms with van der Waals surface area (Å²) >= 11 is 5.78. The summed E-state index contributed by atoms with van der Waals surface area (Å²) in [5.41, 5.74) is 1.35. The van der Waals surface area contributed by atoms with Gasteiger partial charge in [0.2, 0.25) is 5.95 Å². The van der Waals surface area contributed by atoms with E-state index in [1.54, 1.807) is 0 Å². The third-order valence-corrected chi connectivity index (χ3v) is 8.47. The number of benzene rings is 1. The van der Waals surface area contributed by atoms with Gasteiger partial charge >= 0.3 is 0 Å². The Hall–Kier alpha value is -2.45. The van der Waals surface area contributed by atoms with Crippen LogP contribution in [0.3, 0.4) is 0 Å². The average Bonchev–Trinajstić information content (AvgIpc) is 2.93. The standard InChI is InChI=1S/C29H42N6OS/c1-22-17-23(2)20-35(19-22)26-18-25(34-13-7-4-8-14-34)31-27(32-26)33-28(37)30-21-29(11-15-36-16-12-29)24-9-5-3-6-10-24/h3,5-6,9-10,18,22-23H,4,7-8,11-17,19-21H2,1-2H3,(H2,30,31,32,33,37)/t22-,23+. The number of nitrogens with zero attached hydrogens (tertiary/aromatic N) is 4. The van der Waals surface area contributed by atoms with Gasteiger partial charge in [0.1, 0.15) is 11.6 Å². The molecule has 0 bridgehead atoms. The van der Waals surface area contributed by atoms with E-state index in [0.29, 0.717) is 22.9 Å². The molecule has 3 fully saturated rings. The zero-order valence-corrected chi connectivity index (χ0v) is 23.2. The average molecular weight is 523 g/mol. The van der Waals surface area contributed by atoms with E-state index in [1.165, 1.54) is 31.2 Å². The maximum absolute atomic E-state index is 5.78. The molecule has 0 aliphatic carbocycles. The zero-order valence-electron chi connectivity index (χ0n) is 22.4. The quantitative estimate of drug-likeness (QED) is 0.515. The highest BCUT2D eigenvalue weighted by atomic mass is 32.1. The molecule has 3 aliphatic heterocycles. The van der Waals surface area contributed by atoms with Crippen LogP contribution in [0, 0.1) is 11.8 Å². The second-order valence-corrected chi connectivity index (χ2v) is 11.8. The molecule has 0 amide bonds. The monoisotopic (exact) mass is 522 g/mol. The van der Waals surface area contributed by atoms with Crippen molar-refractivity contribution in [2.75, 3.05) is 61.1 Å². The molecule has 0 saturated carbocycles. The SMILES string of the molecule is C[C@@H]1C[C@H](C)CN(c2cc(N3CCCCC3)nc(NC(=S)NCC3(c4ccccc4)CCOCC3)n2)C1. The van der Waals surface area contributed by atoms with Crippen molar-refractivity contribution >= 4 is 34.9 Å². The molecule has 4 heterocycles. The van der Waals surface area contributed by atoms with Crippen molar-refractivity contribution < 1.29 is 4.74 Å². The Bertz CT molecular complexity index is 1030. The smallest absolute Gasteiger partial charge is 0.232 e. The topological polar surface area (TPSA) is 65.5 Å². The van der Waals surface area contributed by atoms with Gasteiger partial charge in [0.25, 0.3) is 0 Å². The lowest BCUT2D eigenvalue weighted by atomic mass is 9.74. The normalized spacial score (nSPS) is 23.9. The number of anilines is 3. The molecule has 2 aromatic rings. The van der Waals surface area contributed by atoms with E-state index in [-0.39, 0.29) is 5.41 Å². The van der Waals surface area contributed by atoms with E-state index < -0.39 is 0 Å². The first-order valence-corrected chi connectivity index (χ1v) is 14.5. The van der Waals surface area contributed by atoms with Gasteiger partial charge in [-0.25, -0.2) is 0 Å². The lowest BCUT2D eigenvalue weighted by molar-refractivity contribution is 0.0515. The second kappa shape index (κ2) is 11.9. The predicted octanol–water partition coefficient (Wildman–Crippen LogP) is 4.98. The molecule has 5 rings (SSSR count). The summed E-state index contributed by atoms with van der Waals surface area (Å²) in [6.07, 6.45) is 6.94. The van der Waals surface area contributed by atoms with Gasteiger partial charge in [-0.2, -0.15) is 9.97 Å². The lowest BCUT2D eigenvalue weighted by Crippen LogP contribution is -2.45. The number of hydrogen-bond donors (Lipinski definition) is 2. The fourth-order valence-corrected chi connectivity index (χ4v) is 6.45. The zero-order chi connectivity index (χ0) is 25.7. The minimum Gasteiger partial charge on any atom is -0.381 e. The van der Waals surface area contributed by atoms with E-state index in [2.05, 4.69) is 70.7 Å². The van der Waals surface area contributed by atoms with Crippen molar-refractivity contribution in [3.63, 3.8) is 0 Å². The summed E-state index contributed by atoms with van der Waals surface area (Å²) in [6, 6.07) is 12.9. The molecule has 200 valence electrons. The van der Waals surface area contributed by atoms with Crippen molar-refractivity contribution in [2.45, 2.75) is 57.8 Å². The molecule has 2 N–H and O–H groups in total. The molecule has 0 radical (unpaired) electrons. The first-order chi connectivity index (χ1) is 18.0. The number of rotatable bonds is 6. The molecule has 7 nitrogen and oxygen atoms in total. The fraction of sp³-hybridized carbons (Fsp3) is 0.621. The Balaban J connectivity index is 1.33. The molecular formula is C29H42N6OS. The van der Waals surface area contributed by atoms with Crippen LogP contribution in [-0.4, -0.2) is 61.0 Å². The first-order valence-electron chi connectivity index (χ1n) is 14.1. The molecule has 37 heavy (non-hydrogen) atoms. The molecule has 8 heteroatoms. The third kappa shape index (κ3) is 6.52. The van der Waals surface area contributed by atoms with Crippen LogP contribution in [0.1, 0.15) is 57.9 Å². The van der Waals surface area contributed by atoms with Gasteiger partial charge in [0.15, 0.2) is 5.11 Å². The van der Waals surface area contributed by atoms with Gasteiger partial charge in [-0.05, 0) is 68.1 Å². The van der Waals surface area contributed by atoms with Gasteiger partial charge in [0, 0.05) is 57.4 Å². The number of aromatic nitrogens is 2. The molecular weight excluding hydrogens is 480 g/mol. The second-order valence-electron chi connectivity index (χ2n) is 11.4. The predicted molar refractivity (Wildman–Crippen MR) is 156 cm³/mol. The largest absolute Gasteiger partial charge is 0.381 e. The number of hydrogen-bond acceptors (Lipinski definition) is 6. The molecule has 1 aromatic heterocycles. The Morgan fingerprint density at radius 3 is 2.30 bits per heavy atom. The summed E-state index contributed by atoms with van der Waals surface area (Å²) in [6.45, 7) is 11.1. The van der Waals surface area contributed by atoms with Crippen LogP contribution in [0.2, 0.25) is 0 Å². The van der Waals surface area contributed by atoms with Crippen LogP contribution in [0.4, 0.5) is 17.6 Å². The highest BCUT2D eigenvalue weighted by Gasteiger charge is 2.34. The van der Waals surface area contributed by atoms with E-state index in [1.807, 2.05) is 0 Å². The molecule has 0 unspecified atom stereocenters. The molecule has 2 atom stereocenters. The molecule has 3 saturated heterocycles. The van der Waals surface area contributed by atoms with Gasteiger partial charge < -0.3 is 25.2 Å². The summed E-state index contributed by atoms with van der Waals surface area (Å²) in [4.78, 5) is 14.7. The van der Waals surface area contributed by atoms with Crippen LogP contribution in [0.15, 0.2) is 36.4 Å². The maximum Gasteiger partial charge on any atom is 0.232 e. The van der Waals surface area contributed by atoms with E-state index in [0.717, 1.165) is 70.4 Å². The van der Waals surface area contributed by atoms with Crippen molar-refractivity contribution in [2.24, 2.45) is 11.8 Å². The van der Waals surface area contributed by atoms with Crippen molar-refractivity contribution in [1.29, 1.82) is 0 Å². The number of ether oxygens (including phenoxy) is 1. The van der Waals surface area contributed by atoms with Gasteiger partial charge in [-0.1, -0.05) is 44.2 Å². The van der Waals surface area contributed by atoms with Crippen molar-refractivity contribution in [1.82, 2.24) is 15.3 Å². The minimum atomic E-state index is 0.00694. The van der Waals surface area contributed by atoms with E-state index in [4.69, 9.17) is 26.9 Å².